The first-order chi connectivity index (χ1) is 16.3. The Labute approximate surface area is 201 Å². The van der Waals surface area contributed by atoms with Crippen molar-refractivity contribution in [2.45, 2.75) is 64.7 Å². The minimum absolute atomic E-state index is 0.0220. The van der Waals surface area contributed by atoms with Crippen LogP contribution in [0.25, 0.3) is 0 Å². The van der Waals surface area contributed by atoms with E-state index in [1.165, 1.54) is 4.31 Å². The number of amides is 1. The Hall–Kier alpha value is -2.47. The van der Waals surface area contributed by atoms with Crippen LogP contribution in [0.5, 0.6) is 0 Å². The van der Waals surface area contributed by atoms with Gasteiger partial charge in [0.05, 0.1) is 24.5 Å². The number of piperidine rings is 1. The van der Waals surface area contributed by atoms with Crippen molar-refractivity contribution < 1.29 is 23.2 Å². The van der Waals surface area contributed by atoms with Gasteiger partial charge in [-0.25, -0.2) is 27.8 Å². The van der Waals surface area contributed by atoms with E-state index < -0.39 is 16.1 Å². The fourth-order valence-electron chi connectivity index (χ4n) is 4.18. The summed E-state index contributed by atoms with van der Waals surface area (Å²) in [5.41, 5.74) is 2.94. The molecule has 1 atom stereocenters. The molecule has 0 radical (unpaired) electrons. The molecule has 186 valence electrons. The Kier molecular flexibility index (Phi) is 9.45. The number of hydroxylamine groups is 2. The van der Waals surface area contributed by atoms with Crippen molar-refractivity contribution in [2.24, 2.45) is 0 Å². The van der Waals surface area contributed by atoms with Crippen molar-refractivity contribution >= 4 is 16.4 Å². The molecule has 0 bridgehead atoms. The maximum atomic E-state index is 13.0. The average Bonchev–Trinajstić information content (AvgIpc) is 2.82. The summed E-state index contributed by atoms with van der Waals surface area (Å²) >= 11 is 0. The number of hydrogen-bond acceptors (Lipinski definition) is 8. The number of sulfonamides is 1. The first-order valence-corrected chi connectivity index (χ1v) is 13.1. The molecule has 34 heavy (non-hydrogen) atoms. The highest BCUT2D eigenvalue weighted by atomic mass is 32.2. The van der Waals surface area contributed by atoms with E-state index in [0.29, 0.717) is 62.7 Å². The minimum Gasteiger partial charge on any atom is -0.373 e. The molecular formula is C23H33N5O5S. The van der Waals surface area contributed by atoms with Crippen LogP contribution in [-0.4, -0.2) is 75.3 Å². The zero-order chi connectivity index (χ0) is 24.6. The number of aromatic nitrogens is 3. The molecule has 2 aromatic rings. The summed E-state index contributed by atoms with van der Waals surface area (Å²) in [7, 11) is -3.66. The van der Waals surface area contributed by atoms with Crippen LogP contribution in [0.1, 0.15) is 48.5 Å². The van der Waals surface area contributed by atoms with Crippen molar-refractivity contribution in [3.8, 4) is 0 Å². The molecule has 1 fully saturated rings. The topological polar surface area (TPSA) is 126 Å². The number of pyridine rings is 1. The van der Waals surface area contributed by atoms with Gasteiger partial charge in [-0.3, -0.25) is 15.0 Å². The molecule has 1 amide bonds. The summed E-state index contributed by atoms with van der Waals surface area (Å²) in [6.07, 6.45) is 6.08. The highest BCUT2D eigenvalue weighted by molar-refractivity contribution is 7.89. The van der Waals surface area contributed by atoms with Gasteiger partial charge in [-0.15, -0.1) is 0 Å². The number of rotatable bonds is 12. The van der Waals surface area contributed by atoms with Crippen molar-refractivity contribution in [3.05, 3.63) is 53.4 Å². The molecule has 3 heterocycles. The number of carbonyl (C=O) groups is 1. The van der Waals surface area contributed by atoms with Crippen LogP contribution < -0.4 is 0 Å². The zero-order valence-corrected chi connectivity index (χ0v) is 20.5. The van der Waals surface area contributed by atoms with Crippen LogP contribution in [0.4, 0.5) is 0 Å². The molecule has 1 unspecified atom stereocenters. The molecule has 1 saturated heterocycles. The quantitative estimate of drug-likeness (QED) is 0.272. The van der Waals surface area contributed by atoms with Crippen LogP contribution >= 0.6 is 0 Å². The van der Waals surface area contributed by atoms with Gasteiger partial charge in [0.15, 0.2) is 0 Å². The molecule has 2 aromatic heterocycles. The van der Waals surface area contributed by atoms with E-state index in [0.717, 1.165) is 17.0 Å². The Morgan fingerprint density at radius 3 is 2.47 bits per heavy atom. The second-order valence-corrected chi connectivity index (χ2v) is 10.7. The molecule has 10 nitrogen and oxygen atoms in total. The summed E-state index contributed by atoms with van der Waals surface area (Å²) in [6, 6.07) is 4.86. The van der Waals surface area contributed by atoms with Crippen molar-refractivity contribution in [1.82, 2.24) is 24.3 Å². The van der Waals surface area contributed by atoms with Gasteiger partial charge in [-0.1, -0.05) is 0 Å². The SMILES string of the molecule is Cc1cc(COC2CCN(S(=O)(=O)CC(CCCc3ncccn3)N(O)C=O)CC2)cc(C)n1. The summed E-state index contributed by atoms with van der Waals surface area (Å²) in [5.74, 6) is 0.303. The van der Waals surface area contributed by atoms with Gasteiger partial charge >= 0.3 is 0 Å². The minimum atomic E-state index is -3.66. The predicted molar refractivity (Wildman–Crippen MR) is 125 cm³/mol. The highest BCUT2D eigenvalue weighted by Crippen LogP contribution is 2.21. The normalized spacial score (nSPS) is 16.3. The summed E-state index contributed by atoms with van der Waals surface area (Å²) in [4.78, 5) is 23.8. The second kappa shape index (κ2) is 12.3. The standard InChI is InChI=1S/C23H33N5O5S/c1-18-13-20(14-19(2)26-18)15-33-22-7-11-27(12-8-22)34(31,32)16-21(28(30)17-29)5-3-6-23-24-9-4-10-25-23/h4,9-10,13-14,17,21-22,30H,3,5-8,11-12,15-16H2,1-2H3. The lowest BCUT2D eigenvalue weighted by molar-refractivity contribution is -0.158. The van der Waals surface area contributed by atoms with Crippen LogP contribution in [0.2, 0.25) is 0 Å². The van der Waals surface area contributed by atoms with Gasteiger partial charge in [0, 0.05) is 43.3 Å². The maximum absolute atomic E-state index is 13.0. The van der Waals surface area contributed by atoms with E-state index in [1.54, 1.807) is 18.5 Å². The average molecular weight is 492 g/mol. The lowest BCUT2D eigenvalue weighted by Crippen LogP contribution is -2.46. The summed E-state index contributed by atoms with van der Waals surface area (Å²) < 4.78 is 33.5. The predicted octanol–water partition coefficient (Wildman–Crippen LogP) is 2.04. The van der Waals surface area contributed by atoms with Crippen molar-refractivity contribution in [1.29, 1.82) is 0 Å². The molecular weight excluding hydrogens is 458 g/mol. The van der Waals surface area contributed by atoms with Gasteiger partial charge in [0.1, 0.15) is 5.82 Å². The van der Waals surface area contributed by atoms with E-state index in [9.17, 15) is 18.4 Å². The van der Waals surface area contributed by atoms with E-state index >= 15 is 0 Å². The van der Waals surface area contributed by atoms with Crippen LogP contribution in [0.15, 0.2) is 30.6 Å². The maximum Gasteiger partial charge on any atom is 0.233 e. The van der Waals surface area contributed by atoms with Crippen LogP contribution in [0, 0.1) is 13.8 Å². The molecule has 0 spiro atoms. The highest BCUT2D eigenvalue weighted by Gasteiger charge is 2.32. The van der Waals surface area contributed by atoms with Gasteiger partial charge in [0.25, 0.3) is 0 Å². The molecule has 1 aliphatic rings. The largest absolute Gasteiger partial charge is 0.373 e. The number of hydrogen-bond donors (Lipinski definition) is 1. The van der Waals surface area contributed by atoms with E-state index in [2.05, 4.69) is 15.0 Å². The van der Waals surface area contributed by atoms with Gasteiger partial charge in [-0.05, 0) is 63.3 Å². The third kappa shape index (κ3) is 7.79. The van der Waals surface area contributed by atoms with Crippen molar-refractivity contribution in [3.63, 3.8) is 0 Å². The number of aryl methyl sites for hydroxylation is 3. The van der Waals surface area contributed by atoms with Gasteiger partial charge in [-0.2, -0.15) is 0 Å². The number of carbonyl (C=O) groups excluding carboxylic acids is 1. The lowest BCUT2D eigenvalue weighted by Gasteiger charge is -2.33. The monoisotopic (exact) mass is 491 g/mol. The van der Waals surface area contributed by atoms with E-state index in [-0.39, 0.29) is 18.3 Å². The van der Waals surface area contributed by atoms with Crippen LogP contribution in [-0.2, 0) is 32.6 Å². The van der Waals surface area contributed by atoms with Crippen LogP contribution in [0.3, 0.4) is 0 Å². The molecule has 0 aliphatic carbocycles. The first-order valence-electron chi connectivity index (χ1n) is 11.5. The summed E-state index contributed by atoms with van der Waals surface area (Å²) in [5, 5.41) is 10.4. The zero-order valence-electron chi connectivity index (χ0n) is 19.7. The Morgan fingerprint density at radius 2 is 1.85 bits per heavy atom. The Bertz CT molecular complexity index is 1010. The number of nitrogens with zero attached hydrogens (tertiary/aromatic N) is 5. The van der Waals surface area contributed by atoms with Gasteiger partial charge < -0.3 is 4.74 Å². The molecule has 0 aromatic carbocycles. The molecule has 1 N–H and O–H groups in total. The van der Waals surface area contributed by atoms with E-state index in [1.807, 2.05) is 26.0 Å². The fourth-order valence-corrected chi connectivity index (χ4v) is 5.96. The smallest absolute Gasteiger partial charge is 0.233 e. The second-order valence-electron chi connectivity index (χ2n) is 8.64. The molecule has 0 saturated carbocycles. The Morgan fingerprint density at radius 1 is 1.21 bits per heavy atom. The molecule has 11 heteroatoms. The summed E-state index contributed by atoms with van der Waals surface area (Å²) in [6.45, 7) is 5.05. The van der Waals surface area contributed by atoms with E-state index in [4.69, 9.17) is 4.74 Å². The molecule has 1 aliphatic heterocycles. The van der Waals surface area contributed by atoms with Crippen molar-refractivity contribution in [2.75, 3.05) is 18.8 Å². The fraction of sp³-hybridized carbons (Fsp3) is 0.565. The first kappa shape index (κ1) is 26.1. The lowest BCUT2D eigenvalue weighted by atomic mass is 10.1. The number of ether oxygens (including phenoxy) is 1. The third-order valence-electron chi connectivity index (χ3n) is 5.86. The Balaban J connectivity index is 1.49. The molecule has 3 rings (SSSR count). The third-order valence-corrected chi connectivity index (χ3v) is 7.82. The van der Waals surface area contributed by atoms with Gasteiger partial charge in [0.2, 0.25) is 16.4 Å².